The summed E-state index contributed by atoms with van der Waals surface area (Å²) < 4.78 is 5.45. The third-order valence-corrected chi connectivity index (χ3v) is 3.65. The van der Waals surface area contributed by atoms with E-state index in [1.54, 1.807) is 7.11 Å². The normalized spacial score (nSPS) is 12.1. The van der Waals surface area contributed by atoms with Gasteiger partial charge >= 0.3 is 0 Å². The molecule has 2 rings (SSSR count). The molecule has 0 fully saturated rings. The van der Waals surface area contributed by atoms with Gasteiger partial charge in [-0.2, -0.15) is 0 Å². The minimum absolute atomic E-state index is 0.157. The molecule has 20 heavy (non-hydrogen) atoms. The van der Waals surface area contributed by atoms with Crippen molar-refractivity contribution in [3.8, 4) is 5.75 Å². The van der Waals surface area contributed by atoms with Crippen molar-refractivity contribution in [3.05, 3.63) is 58.1 Å². The lowest BCUT2D eigenvalue weighted by Crippen LogP contribution is -2.09. The van der Waals surface area contributed by atoms with Crippen LogP contribution in [-0.2, 0) is 0 Å². The van der Waals surface area contributed by atoms with E-state index in [2.05, 4.69) is 38.2 Å². The molecule has 0 radical (unpaired) electrons. The van der Waals surface area contributed by atoms with Crippen LogP contribution in [-0.4, -0.2) is 7.11 Å². The molecular weight excluding hydrogens is 270 g/mol. The average molecular weight is 290 g/mol. The van der Waals surface area contributed by atoms with Crippen molar-refractivity contribution in [2.75, 3.05) is 12.4 Å². The zero-order valence-electron chi connectivity index (χ0n) is 12.3. The Balaban J connectivity index is 2.27. The van der Waals surface area contributed by atoms with Crippen molar-refractivity contribution in [2.24, 2.45) is 0 Å². The lowest BCUT2D eigenvalue weighted by atomic mass is 10.0. The van der Waals surface area contributed by atoms with Crippen LogP contribution in [0.2, 0.25) is 5.02 Å². The number of hydrogen-bond acceptors (Lipinski definition) is 2. The second-order valence-corrected chi connectivity index (χ2v) is 5.51. The van der Waals surface area contributed by atoms with E-state index >= 15 is 0 Å². The molecule has 1 N–H and O–H groups in total. The number of anilines is 1. The summed E-state index contributed by atoms with van der Waals surface area (Å²) in [5, 5.41) is 4.28. The molecule has 0 heterocycles. The van der Waals surface area contributed by atoms with Gasteiger partial charge in [-0.25, -0.2) is 0 Å². The van der Waals surface area contributed by atoms with Crippen molar-refractivity contribution in [2.45, 2.75) is 26.8 Å². The quantitative estimate of drug-likeness (QED) is 0.841. The van der Waals surface area contributed by atoms with Crippen LogP contribution in [0.25, 0.3) is 0 Å². The predicted octanol–water partition coefficient (Wildman–Crippen LogP) is 5.14. The number of hydrogen-bond donors (Lipinski definition) is 1. The minimum Gasteiger partial charge on any atom is -0.496 e. The predicted molar refractivity (Wildman–Crippen MR) is 86.0 cm³/mol. The van der Waals surface area contributed by atoms with E-state index in [1.165, 1.54) is 5.56 Å². The van der Waals surface area contributed by atoms with E-state index < -0.39 is 0 Å². The Labute approximate surface area is 125 Å². The van der Waals surface area contributed by atoms with Gasteiger partial charge in [0.05, 0.1) is 13.2 Å². The third-order valence-electron chi connectivity index (χ3n) is 3.41. The van der Waals surface area contributed by atoms with Crippen LogP contribution in [0, 0.1) is 13.8 Å². The molecule has 0 saturated heterocycles. The molecule has 0 aliphatic carbocycles. The largest absolute Gasteiger partial charge is 0.496 e. The molecule has 2 aromatic rings. The Morgan fingerprint density at radius 1 is 1.10 bits per heavy atom. The van der Waals surface area contributed by atoms with Gasteiger partial charge in [-0.05, 0) is 50.6 Å². The van der Waals surface area contributed by atoms with Crippen molar-refractivity contribution >= 4 is 17.3 Å². The van der Waals surface area contributed by atoms with E-state index in [1.807, 2.05) is 24.3 Å². The van der Waals surface area contributed by atoms with Crippen LogP contribution in [0.3, 0.4) is 0 Å². The number of nitrogens with one attached hydrogen (secondary N) is 1. The smallest absolute Gasteiger partial charge is 0.124 e. The van der Waals surface area contributed by atoms with Crippen LogP contribution in [0.5, 0.6) is 5.75 Å². The van der Waals surface area contributed by atoms with Crippen molar-refractivity contribution in [3.63, 3.8) is 0 Å². The van der Waals surface area contributed by atoms with Gasteiger partial charge in [0.2, 0.25) is 0 Å². The number of ether oxygens (including phenoxy) is 1. The number of halogens is 1. The summed E-state index contributed by atoms with van der Waals surface area (Å²) in [7, 11) is 1.70. The monoisotopic (exact) mass is 289 g/mol. The zero-order valence-corrected chi connectivity index (χ0v) is 13.1. The van der Waals surface area contributed by atoms with Gasteiger partial charge in [0, 0.05) is 16.3 Å². The maximum absolute atomic E-state index is 5.99. The Morgan fingerprint density at radius 2 is 1.85 bits per heavy atom. The Morgan fingerprint density at radius 3 is 2.50 bits per heavy atom. The second-order valence-electron chi connectivity index (χ2n) is 5.07. The molecule has 0 aliphatic rings. The Hall–Kier alpha value is -1.67. The average Bonchev–Trinajstić information content (AvgIpc) is 2.41. The highest BCUT2D eigenvalue weighted by Gasteiger charge is 2.12. The number of rotatable bonds is 4. The van der Waals surface area contributed by atoms with Crippen LogP contribution in [0.15, 0.2) is 36.4 Å². The van der Waals surface area contributed by atoms with Crippen molar-refractivity contribution in [1.29, 1.82) is 0 Å². The second kappa shape index (κ2) is 6.19. The molecule has 0 bridgehead atoms. The number of benzene rings is 2. The molecular formula is C17H20ClNO. The fourth-order valence-electron chi connectivity index (χ4n) is 2.29. The summed E-state index contributed by atoms with van der Waals surface area (Å²) in [6, 6.07) is 12.3. The highest BCUT2D eigenvalue weighted by Crippen LogP contribution is 2.30. The fourth-order valence-corrected chi connectivity index (χ4v) is 2.52. The first-order valence-electron chi connectivity index (χ1n) is 6.68. The highest BCUT2D eigenvalue weighted by molar-refractivity contribution is 6.30. The molecule has 0 aromatic heterocycles. The van der Waals surface area contributed by atoms with E-state index in [0.717, 1.165) is 27.6 Å². The maximum atomic E-state index is 5.99. The topological polar surface area (TPSA) is 21.3 Å². The van der Waals surface area contributed by atoms with E-state index in [9.17, 15) is 0 Å². The van der Waals surface area contributed by atoms with Gasteiger partial charge in [0.15, 0.2) is 0 Å². The Kier molecular flexibility index (Phi) is 4.56. The maximum Gasteiger partial charge on any atom is 0.124 e. The lowest BCUT2D eigenvalue weighted by Gasteiger charge is -2.20. The molecule has 1 unspecified atom stereocenters. The van der Waals surface area contributed by atoms with E-state index in [0.29, 0.717) is 0 Å². The first-order chi connectivity index (χ1) is 9.51. The first-order valence-corrected chi connectivity index (χ1v) is 7.06. The van der Waals surface area contributed by atoms with Gasteiger partial charge in [0.1, 0.15) is 5.75 Å². The molecule has 2 aromatic carbocycles. The fraction of sp³-hybridized carbons (Fsp3) is 0.294. The molecule has 1 atom stereocenters. The summed E-state index contributed by atoms with van der Waals surface area (Å²) in [5.41, 5.74) is 4.60. The highest BCUT2D eigenvalue weighted by atomic mass is 35.5. The lowest BCUT2D eigenvalue weighted by molar-refractivity contribution is 0.408. The van der Waals surface area contributed by atoms with Gasteiger partial charge in [-0.3, -0.25) is 0 Å². The van der Waals surface area contributed by atoms with Gasteiger partial charge in [-0.1, -0.05) is 29.3 Å². The van der Waals surface area contributed by atoms with Crippen LogP contribution >= 0.6 is 11.6 Å². The van der Waals surface area contributed by atoms with E-state index in [-0.39, 0.29) is 6.04 Å². The van der Waals surface area contributed by atoms with Crippen LogP contribution < -0.4 is 10.1 Å². The molecule has 106 valence electrons. The van der Waals surface area contributed by atoms with Gasteiger partial charge < -0.3 is 10.1 Å². The molecule has 2 nitrogen and oxygen atoms in total. The number of methoxy groups -OCH3 is 1. The zero-order chi connectivity index (χ0) is 14.7. The summed E-state index contributed by atoms with van der Waals surface area (Å²) >= 11 is 5.99. The molecule has 0 saturated carbocycles. The third kappa shape index (κ3) is 3.26. The minimum atomic E-state index is 0.157. The van der Waals surface area contributed by atoms with Gasteiger partial charge in [-0.15, -0.1) is 0 Å². The van der Waals surface area contributed by atoms with Crippen LogP contribution in [0.4, 0.5) is 5.69 Å². The Bertz CT molecular complexity index is 610. The molecule has 3 heteroatoms. The van der Waals surface area contributed by atoms with Crippen molar-refractivity contribution < 1.29 is 4.74 Å². The van der Waals surface area contributed by atoms with E-state index in [4.69, 9.17) is 16.3 Å². The van der Waals surface area contributed by atoms with Gasteiger partial charge in [0.25, 0.3) is 0 Å². The summed E-state index contributed by atoms with van der Waals surface area (Å²) in [6.07, 6.45) is 0. The summed E-state index contributed by atoms with van der Waals surface area (Å²) in [4.78, 5) is 0. The number of aryl methyl sites for hydroxylation is 2. The molecule has 0 spiro atoms. The summed E-state index contributed by atoms with van der Waals surface area (Å²) in [5.74, 6) is 0.905. The SMILES string of the molecule is COc1ccc(C)cc1C(C)Nc1ccc(Cl)cc1C. The first kappa shape index (κ1) is 14.7. The van der Waals surface area contributed by atoms with Crippen LogP contribution in [0.1, 0.15) is 29.7 Å². The standard InChI is InChI=1S/C17H20ClNO/c1-11-5-8-17(20-4)15(9-11)13(3)19-16-7-6-14(18)10-12(16)2/h5-10,13,19H,1-4H3. The van der Waals surface area contributed by atoms with Crippen molar-refractivity contribution in [1.82, 2.24) is 0 Å². The summed E-state index contributed by atoms with van der Waals surface area (Å²) in [6.45, 7) is 6.27. The molecule has 0 aliphatic heterocycles. The molecule has 0 amide bonds.